The molecule has 0 unspecified atom stereocenters. The van der Waals surface area contributed by atoms with Crippen molar-refractivity contribution in [1.29, 1.82) is 0 Å². The number of carboxylic acids is 2. The molecule has 0 radical (unpaired) electrons. The third kappa shape index (κ3) is 5.61. The van der Waals surface area contributed by atoms with Gasteiger partial charge in [-0.1, -0.05) is 0 Å². The standard InChI is InChI=1S/C14H16N2O6/c1-14(2,3)22-13(21)16-10-5-4-8(7-15-10)6-9(11(17)18)12(19)20/h4-7H,1-3H3,(H,17,18)(H,19,20)(H,15,16,21). The number of aromatic nitrogens is 1. The minimum atomic E-state index is -1.55. The van der Waals surface area contributed by atoms with Gasteiger partial charge in [-0.25, -0.2) is 19.4 Å². The molecule has 8 nitrogen and oxygen atoms in total. The first-order valence-corrected chi connectivity index (χ1v) is 6.23. The van der Waals surface area contributed by atoms with E-state index >= 15 is 0 Å². The molecule has 0 aliphatic carbocycles. The Hall–Kier alpha value is -2.90. The number of nitrogens with zero attached hydrogens (tertiary/aromatic N) is 1. The number of anilines is 1. The fraction of sp³-hybridized carbons (Fsp3) is 0.286. The van der Waals surface area contributed by atoms with Crippen molar-refractivity contribution in [3.63, 3.8) is 0 Å². The Kier molecular flexibility index (Phi) is 5.23. The van der Waals surface area contributed by atoms with E-state index in [2.05, 4.69) is 10.3 Å². The summed E-state index contributed by atoms with van der Waals surface area (Å²) in [6, 6.07) is 2.82. The van der Waals surface area contributed by atoms with E-state index in [1.54, 1.807) is 20.8 Å². The second-order valence-electron chi connectivity index (χ2n) is 5.27. The predicted molar refractivity (Wildman–Crippen MR) is 77.3 cm³/mol. The average molecular weight is 308 g/mol. The smallest absolute Gasteiger partial charge is 0.413 e. The molecule has 0 aliphatic rings. The minimum Gasteiger partial charge on any atom is -0.477 e. The van der Waals surface area contributed by atoms with Crippen LogP contribution in [0.25, 0.3) is 6.08 Å². The molecule has 22 heavy (non-hydrogen) atoms. The van der Waals surface area contributed by atoms with Gasteiger partial charge >= 0.3 is 18.0 Å². The molecule has 0 saturated carbocycles. The minimum absolute atomic E-state index is 0.193. The number of aliphatic carboxylic acids is 2. The lowest BCUT2D eigenvalue weighted by Gasteiger charge is -2.19. The van der Waals surface area contributed by atoms with Gasteiger partial charge in [0.2, 0.25) is 0 Å². The summed E-state index contributed by atoms with van der Waals surface area (Å²) in [5, 5.41) is 19.9. The number of carbonyl (C=O) groups excluding carboxylic acids is 1. The Morgan fingerprint density at radius 3 is 2.18 bits per heavy atom. The molecular formula is C14H16N2O6. The summed E-state index contributed by atoms with van der Waals surface area (Å²) < 4.78 is 5.04. The van der Waals surface area contributed by atoms with Gasteiger partial charge in [-0.05, 0) is 44.5 Å². The third-order valence-corrected chi connectivity index (χ3v) is 2.19. The number of hydrogen-bond donors (Lipinski definition) is 3. The fourth-order valence-electron chi connectivity index (χ4n) is 1.35. The van der Waals surface area contributed by atoms with Crippen LogP contribution in [0.3, 0.4) is 0 Å². The summed E-state index contributed by atoms with van der Waals surface area (Å²) >= 11 is 0. The summed E-state index contributed by atoms with van der Waals surface area (Å²) in [7, 11) is 0. The van der Waals surface area contributed by atoms with Crippen LogP contribution in [0.1, 0.15) is 26.3 Å². The number of rotatable bonds is 4. The number of carboxylic acid groups (broad SMARTS) is 2. The van der Waals surface area contributed by atoms with E-state index in [1.807, 2.05) is 0 Å². The molecule has 118 valence electrons. The molecule has 1 rings (SSSR count). The normalized spacial score (nSPS) is 10.5. The summed E-state index contributed by atoms with van der Waals surface area (Å²) in [6.45, 7) is 5.15. The van der Waals surface area contributed by atoms with E-state index < -0.39 is 29.2 Å². The molecule has 0 bridgehead atoms. The van der Waals surface area contributed by atoms with Crippen LogP contribution in [-0.2, 0) is 14.3 Å². The molecule has 0 spiro atoms. The van der Waals surface area contributed by atoms with Crippen molar-refractivity contribution >= 4 is 29.9 Å². The lowest BCUT2D eigenvalue weighted by molar-refractivity contribution is -0.140. The van der Waals surface area contributed by atoms with Crippen molar-refractivity contribution < 1.29 is 29.3 Å². The Morgan fingerprint density at radius 2 is 1.77 bits per heavy atom. The highest BCUT2D eigenvalue weighted by Gasteiger charge is 2.17. The number of ether oxygens (including phenoxy) is 1. The van der Waals surface area contributed by atoms with Crippen LogP contribution < -0.4 is 5.32 Å². The van der Waals surface area contributed by atoms with E-state index in [4.69, 9.17) is 14.9 Å². The number of nitrogens with one attached hydrogen (secondary N) is 1. The zero-order valence-corrected chi connectivity index (χ0v) is 12.3. The molecule has 1 heterocycles. The molecule has 0 saturated heterocycles. The first-order chi connectivity index (χ1) is 10.1. The number of hydrogen-bond acceptors (Lipinski definition) is 5. The Labute approximate surface area is 126 Å². The lowest BCUT2D eigenvalue weighted by atomic mass is 10.1. The van der Waals surface area contributed by atoms with E-state index in [0.29, 0.717) is 0 Å². The summed E-state index contributed by atoms with van der Waals surface area (Å²) in [6.07, 6.45) is 1.52. The van der Waals surface area contributed by atoms with Gasteiger partial charge in [-0.3, -0.25) is 5.32 Å². The molecule has 0 fully saturated rings. The SMILES string of the molecule is CC(C)(C)OC(=O)Nc1ccc(C=C(C(=O)O)C(=O)O)cn1. The van der Waals surface area contributed by atoms with Crippen molar-refractivity contribution in [3.8, 4) is 0 Å². The van der Waals surface area contributed by atoms with Gasteiger partial charge < -0.3 is 14.9 Å². The quantitative estimate of drug-likeness (QED) is 0.441. The van der Waals surface area contributed by atoms with Gasteiger partial charge in [0.05, 0.1) is 0 Å². The zero-order valence-electron chi connectivity index (χ0n) is 12.3. The maximum Gasteiger partial charge on any atom is 0.413 e. The molecule has 1 aromatic rings. The Bertz CT molecular complexity index is 597. The highest BCUT2D eigenvalue weighted by Crippen LogP contribution is 2.12. The van der Waals surface area contributed by atoms with E-state index in [0.717, 1.165) is 6.08 Å². The van der Waals surface area contributed by atoms with E-state index in [1.165, 1.54) is 18.3 Å². The van der Waals surface area contributed by atoms with Crippen molar-refractivity contribution in [2.75, 3.05) is 5.32 Å². The summed E-state index contributed by atoms with van der Waals surface area (Å²) in [4.78, 5) is 36.9. The van der Waals surface area contributed by atoms with Gasteiger partial charge in [0, 0.05) is 6.20 Å². The predicted octanol–water partition coefficient (Wildman–Crippen LogP) is 1.98. The van der Waals surface area contributed by atoms with Crippen LogP contribution >= 0.6 is 0 Å². The molecule has 1 amide bonds. The van der Waals surface area contributed by atoms with Gasteiger partial charge in [-0.15, -0.1) is 0 Å². The van der Waals surface area contributed by atoms with Crippen molar-refractivity contribution in [2.24, 2.45) is 0 Å². The van der Waals surface area contributed by atoms with Crippen LogP contribution in [-0.4, -0.2) is 38.8 Å². The second kappa shape index (κ2) is 6.70. The van der Waals surface area contributed by atoms with Gasteiger partial charge in [0.15, 0.2) is 0 Å². The Morgan fingerprint density at radius 1 is 1.18 bits per heavy atom. The van der Waals surface area contributed by atoms with E-state index in [-0.39, 0.29) is 11.4 Å². The number of amides is 1. The first-order valence-electron chi connectivity index (χ1n) is 6.23. The maximum absolute atomic E-state index is 11.5. The molecule has 3 N–H and O–H groups in total. The highest BCUT2D eigenvalue weighted by molar-refractivity contribution is 6.16. The molecule has 0 aliphatic heterocycles. The summed E-state index contributed by atoms with van der Waals surface area (Å²) in [5.41, 5.74) is -1.16. The van der Waals surface area contributed by atoms with Crippen LogP contribution in [0.2, 0.25) is 0 Å². The monoisotopic (exact) mass is 308 g/mol. The molecule has 1 aromatic heterocycles. The zero-order chi connectivity index (χ0) is 16.9. The highest BCUT2D eigenvalue weighted by atomic mass is 16.6. The third-order valence-electron chi connectivity index (χ3n) is 2.19. The molecular weight excluding hydrogens is 292 g/mol. The summed E-state index contributed by atoms with van der Waals surface area (Å²) in [5.74, 6) is -2.91. The van der Waals surface area contributed by atoms with Crippen LogP contribution in [0.5, 0.6) is 0 Å². The van der Waals surface area contributed by atoms with Gasteiger partial charge in [-0.2, -0.15) is 0 Å². The maximum atomic E-state index is 11.5. The molecule has 0 atom stereocenters. The van der Waals surface area contributed by atoms with Gasteiger partial charge in [0.25, 0.3) is 0 Å². The largest absolute Gasteiger partial charge is 0.477 e. The lowest BCUT2D eigenvalue weighted by Crippen LogP contribution is -2.27. The molecule has 8 heteroatoms. The molecule has 0 aromatic carbocycles. The topological polar surface area (TPSA) is 126 Å². The van der Waals surface area contributed by atoms with Crippen LogP contribution in [0.15, 0.2) is 23.9 Å². The van der Waals surface area contributed by atoms with Crippen LogP contribution in [0.4, 0.5) is 10.6 Å². The second-order valence-corrected chi connectivity index (χ2v) is 5.27. The van der Waals surface area contributed by atoms with Gasteiger partial charge in [0.1, 0.15) is 17.0 Å². The van der Waals surface area contributed by atoms with Crippen molar-refractivity contribution in [2.45, 2.75) is 26.4 Å². The van der Waals surface area contributed by atoms with Crippen molar-refractivity contribution in [3.05, 3.63) is 29.5 Å². The van der Waals surface area contributed by atoms with Crippen LogP contribution in [0, 0.1) is 0 Å². The fourth-order valence-corrected chi connectivity index (χ4v) is 1.35. The van der Waals surface area contributed by atoms with Crippen molar-refractivity contribution in [1.82, 2.24) is 4.98 Å². The number of carbonyl (C=O) groups is 3. The van der Waals surface area contributed by atoms with E-state index in [9.17, 15) is 14.4 Å². The number of pyridine rings is 1. The Balaban J connectivity index is 2.83. The average Bonchev–Trinajstić information content (AvgIpc) is 2.34. The first kappa shape index (κ1) is 17.2.